The monoisotopic (exact) mass is 328 g/mol. The van der Waals surface area contributed by atoms with E-state index < -0.39 is 0 Å². The number of carbonyl (C=O) groups excluding carboxylic acids is 2. The van der Waals surface area contributed by atoms with Crippen LogP contribution in [0.2, 0.25) is 0 Å². The van der Waals surface area contributed by atoms with Gasteiger partial charge in [-0.25, -0.2) is 0 Å². The molecular weight excluding hydrogens is 300 g/mol. The molecule has 1 N–H and O–H groups in total. The number of likely N-dealkylation sites (tertiary alicyclic amines) is 1. The molecular formula is C20H28N2O2. The van der Waals surface area contributed by atoms with E-state index in [9.17, 15) is 9.59 Å². The van der Waals surface area contributed by atoms with E-state index in [-0.39, 0.29) is 29.1 Å². The third-order valence-corrected chi connectivity index (χ3v) is 5.44. The van der Waals surface area contributed by atoms with Crippen molar-refractivity contribution in [1.82, 2.24) is 10.2 Å². The lowest BCUT2D eigenvalue weighted by Gasteiger charge is -2.33. The van der Waals surface area contributed by atoms with Crippen molar-refractivity contribution in [2.45, 2.75) is 44.9 Å². The van der Waals surface area contributed by atoms with Crippen LogP contribution in [0.1, 0.15) is 45.1 Å². The predicted octanol–water partition coefficient (Wildman–Crippen LogP) is 2.73. The Hall–Kier alpha value is -1.84. The Morgan fingerprint density at radius 1 is 1.25 bits per heavy atom. The molecule has 0 spiro atoms. The van der Waals surface area contributed by atoms with Crippen LogP contribution in [-0.4, -0.2) is 36.3 Å². The van der Waals surface area contributed by atoms with Gasteiger partial charge in [0, 0.05) is 31.0 Å². The van der Waals surface area contributed by atoms with Crippen LogP contribution in [-0.2, 0) is 15.0 Å². The molecule has 0 unspecified atom stereocenters. The number of amides is 2. The Morgan fingerprint density at radius 2 is 1.96 bits per heavy atom. The molecule has 2 amide bonds. The van der Waals surface area contributed by atoms with Crippen molar-refractivity contribution < 1.29 is 9.59 Å². The summed E-state index contributed by atoms with van der Waals surface area (Å²) in [4.78, 5) is 26.6. The van der Waals surface area contributed by atoms with Crippen LogP contribution >= 0.6 is 0 Å². The maximum Gasteiger partial charge on any atom is 0.225 e. The van der Waals surface area contributed by atoms with E-state index in [1.54, 1.807) is 0 Å². The van der Waals surface area contributed by atoms with Crippen molar-refractivity contribution in [2.24, 2.45) is 11.8 Å². The normalized spacial score (nSPS) is 22.3. The minimum Gasteiger partial charge on any atom is -0.355 e. The number of hydrogen-bond donors (Lipinski definition) is 1. The summed E-state index contributed by atoms with van der Waals surface area (Å²) in [7, 11) is 0. The summed E-state index contributed by atoms with van der Waals surface area (Å²) in [6.45, 7) is 5.91. The van der Waals surface area contributed by atoms with E-state index in [1.807, 2.05) is 24.8 Å². The summed E-state index contributed by atoms with van der Waals surface area (Å²) >= 11 is 0. The minimum atomic E-state index is -0.0620. The van der Waals surface area contributed by atoms with Crippen LogP contribution in [0.4, 0.5) is 0 Å². The smallest absolute Gasteiger partial charge is 0.225 e. The van der Waals surface area contributed by atoms with Crippen LogP contribution in [0, 0.1) is 11.8 Å². The molecule has 1 aliphatic heterocycles. The molecule has 1 atom stereocenters. The highest BCUT2D eigenvalue weighted by molar-refractivity contribution is 5.82. The van der Waals surface area contributed by atoms with Gasteiger partial charge in [0.1, 0.15) is 0 Å². The average Bonchev–Trinajstić information content (AvgIpc) is 3.41. The molecule has 0 radical (unpaired) electrons. The number of benzene rings is 1. The molecule has 3 rings (SSSR count). The number of hydrogen-bond acceptors (Lipinski definition) is 2. The first-order valence-corrected chi connectivity index (χ1v) is 9.14. The van der Waals surface area contributed by atoms with Crippen LogP contribution < -0.4 is 5.32 Å². The first-order chi connectivity index (χ1) is 11.5. The van der Waals surface area contributed by atoms with Crippen molar-refractivity contribution in [2.75, 3.05) is 19.6 Å². The second kappa shape index (κ2) is 6.96. The summed E-state index contributed by atoms with van der Waals surface area (Å²) in [5.74, 6) is 0.210. The number of nitrogens with one attached hydrogen (secondary N) is 1. The Kier molecular flexibility index (Phi) is 4.93. The van der Waals surface area contributed by atoms with Crippen molar-refractivity contribution in [1.29, 1.82) is 0 Å². The molecule has 0 aromatic heterocycles. The molecule has 4 heteroatoms. The second-order valence-electron chi connectivity index (χ2n) is 7.64. The van der Waals surface area contributed by atoms with Gasteiger partial charge in [0.2, 0.25) is 11.8 Å². The Balaban J connectivity index is 1.55. The van der Waals surface area contributed by atoms with Gasteiger partial charge in [-0.3, -0.25) is 9.59 Å². The van der Waals surface area contributed by atoms with Crippen molar-refractivity contribution in [3.05, 3.63) is 35.9 Å². The van der Waals surface area contributed by atoms with Gasteiger partial charge in [0.15, 0.2) is 0 Å². The van der Waals surface area contributed by atoms with Crippen LogP contribution in [0.15, 0.2) is 30.3 Å². The van der Waals surface area contributed by atoms with Gasteiger partial charge in [0.05, 0.1) is 5.92 Å². The van der Waals surface area contributed by atoms with E-state index in [2.05, 4.69) is 29.6 Å². The number of carbonyl (C=O) groups is 2. The summed E-state index contributed by atoms with van der Waals surface area (Å²) < 4.78 is 0. The molecule has 1 aliphatic carbocycles. The SMILES string of the molecule is CC(C)C(=O)N1CCC[C@@H](C(=O)NCC2(c3ccccc3)CC2)C1. The maximum atomic E-state index is 12.6. The lowest BCUT2D eigenvalue weighted by molar-refractivity contribution is -0.138. The summed E-state index contributed by atoms with van der Waals surface area (Å²) in [5.41, 5.74) is 1.46. The fraction of sp³-hybridized carbons (Fsp3) is 0.600. The van der Waals surface area contributed by atoms with E-state index >= 15 is 0 Å². The van der Waals surface area contributed by atoms with Crippen LogP contribution in [0.5, 0.6) is 0 Å². The van der Waals surface area contributed by atoms with Gasteiger partial charge < -0.3 is 10.2 Å². The average molecular weight is 328 g/mol. The summed E-state index contributed by atoms with van der Waals surface area (Å²) in [5, 5.41) is 3.17. The quantitative estimate of drug-likeness (QED) is 0.903. The highest BCUT2D eigenvalue weighted by atomic mass is 16.2. The molecule has 1 saturated heterocycles. The van der Waals surface area contributed by atoms with Gasteiger partial charge in [-0.05, 0) is 31.2 Å². The van der Waals surface area contributed by atoms with Crippen LogP contribution in [0.3, 0.4) is 0 Å². The lowest BCUT2D eigenvalue weighted by atomic mass is 9.94. The fourth-order valence-corrected chi connectivity index (χ4v) is 3.67. The van der Waals surface area contributed by atoms with Gasteiger partial charge in [-0.15, -0.1) is 0 Å². The van der Waals surface area contributed by atoms with Gasteiger partial charge in [0.25, 0.3) is 0 Å². The largest absolute Gasteiger partial charge is 0.355 e. The molecule has 1 aromatic carbocycles. The van der Waals surface area contributed by atoms with E-state index in [0.29, 0.717) is 13.1 Å². The highest BCUT2D eigenvalue weighted by Gasteiger charge is 2.44. The number of rotatable bonds is 5. The van der Waals surface area contributed by atoms with Crippen molar-refractivity contribution >= 4 is 11.8 Å². The standard InChI is InChI=1S/C20H28N2O2/c1-15(2)19(24)22-12-6-7-16(13-22)18(23)21-14-20(10-11-20)17-8-4-3-5-9-17/h3-5,8-9,15-16H,6-7,10-14H2,1-2H3,(H,21,23)/t16-/m1/s1. The highest BCUT2D eigenvalue weighted by Crippen LogP contribution is 2.47. The number of piperidine rings is 1. The Bertz CT molecular complexity index is 593. The first kappa shape index (κ1) is 17.0. The Labute approximate surface area is 144 Å². The Morgan fingerprint density at radius 3 is 2.58 bits per heavy atom. The molecule has 1 heterocycles. The predicted molar refractivity (Wildman–Crippen MR) is 94.5 cm³/mol. The molecule has 2 aliphatic rings. The third-order valence-electron chi connectivity index (χ3n) is 5.44. The topological polar surface area (TPSA) is 49.4 Å². The second-order valence-corrected chi connectivity index (χ2v) is 7.64. The molecule has 130 valence electrons. The zero-order valence-electron chi connectivity index (χ0n) is 14.8. The molecule has 1 saturated carbocycles. The molecule has 4 nitrogen and oxygen atoms in total. The van der Waals surface area contributed by atoms with Crippen LogP contribution in [0.25, 0.3) is 0 Å². The summed E-state index contributed by atoms with van der Waals surface area (Å²) in [6, 6.07) is 10.5. The zero-order chi connectivity index (χ0) is 17.2. The first-order valence-electron chi connectivity index (χ1n) is 9.14. The zero-order valence-corrected chi connectivity index (χ0v) is 14.8. The van der Waals surface area contributed by atoms with E-state index in [1.165, 1.54) is 5.56 Å². The van der Waals surface area contributed by atoms with Crippen molar-refractivity contribution in [3.8, 4) is 0 Å². The molecule has 24 heavy (non-hydrogen) atoms. The third kappa shape index (κ3) is 3.63. The number of nitrogens with zero attached hydrogens (tertiary/aromatic N) is 1. The lowest BCUT2D eigenvalue weighted by Crippen LogP contribution is -2.47. The van der Waals surface area contributed by atoms with Gasteiger partial charge in [-0.2, -0.15) is 0 Å². The maximum absolute atomic E-state index is 12.6. The fourth-order valence-electron chi connectivity index (χ4n) is 3.67. The molecule has 2 fully saturated rings. The van der Waals surface area contributed by atoms with E-state index in [4.69, 9.17) is 0 Å². The van der Waals surface area contributed by atoms with Crippen molar-refractivity contribution in [3.63, 3.8) is 0 Å². The van der Waals surface area contributed by atoms with Gasteiger partial charge >= 0.3 is 0 Å². The minimum absolute atomic E-state index is 0.000347. The molecule has 0 bridgehead atoms. The molecule has 1 aromatic rings. The van der Waals surface area contributed by atoms with E-state index in [0.717, 1.165) is 32.2 Å². The van der Waals surface area contributed by atoms with Gasteiger partial charge in [-0.1, -0.05) is 44.2 Å². The summed E-state index contributed by atoms with van der Waals surface area (Å²) in [6.07, 6.45) is 4.08.